The van der Waals surface area contributed by atoms with Crippen LogP contribution < -0.4 is 10.6 Å². The number of carbonyl (C=O) groups is 1. The Morgan fingerprint density at radius 2 is 2.20 bits per heavy atom. The van der Waals surface area contributed by atoms with Gasteiger partial charge in [0.2, 0.25) is 0 Å². The van der Waals surface area contributed by atoms with E-state index in [9.17, 15) is 4.79 Å². The largest absolute Gasteiger partial charge is 0.465 e. The van der Waals surface area contributed by atoms with Gasteiger partial charge in [-0.1, -0.05) is 19.1 Å². The van der Waals surface area contributed by atoms with Gasteiger partial charge in [-0.2, -0.15) is 0 Å². The topological polar surface area (TPSA) is 68.5 Å². The zero-order valence-corrected chi connectivity index (χ0v) is 13.0. The highest BCUT2D eigenvalue weighted by molar-refractivity contribution is 7.80. The van der Waals surface area contributed by atoms with E-state index in [2.05, 4.69) is 4.98 Å². The van der Waals surface area contributed by atoms with Crippen molar-refractivity contribution in [3.05, 3.63) is 23.4 Å². The average Bonchev–Trinajstić information content (AvgIpc) is 2.37. The van der Waals surface area contributed by atoms with Crippen molar-refractivity contribution < 1.29 is 9.53 Å². The molecule has 1 rings (SSSR count). The van der Waals surface area contributed by atoms with Crippen LogP contribution in [-0.2, 0) is 9.53 Å². The summed E-state index contributed by atoms with van der Waals surface area (Å²) in [7, 11) is 0. The quantitative estimate of drug-likeness (QED) is 0.611. The van der Waals surface area contributed by atoms with E-state index in [0.29, 0.717) is 19.0 Å². The van der Waals surface area contributed by atoms with Crippen LogP contribution in [0.3, 0.4) is 0 Å². The van der Waals surface area contributed by atoms with Gasteiger partial charge in [-0.05, 0) is 31.9 Å². The number of thiocarbonyl (C=S) groups is 1. The van der Waals surface area contributed by atoms with Crippen molar-refractivity contribution in [1.29, 1.82) is 0 Å². The second-order valence-corrected chi connectivity index (χ2v) is 4.86. The normalized spacial score (nSPS) is 10.2. The SMILES string of the molecule is CCCN(CC(=O)OCC)c1nccc(C)c1C(N)=S. The maximum absolute atomic E-state index is 11.7. The molecule has 0 radical (unpaired) electrons. The van der Waals surface area contributed by atoms with Gasteiger partial charge in [-0.25, -0.2) is 4.98 Å². The molecule has 0 aromatic carbocycles. The molecule has 2 N–H and O–H groups in total. The third-order valence-corrected chi connectivity index (χ3v) is 3.01. The zero-order valence-electron chi connectivity index (χ0n) is 12.2. The van der Waals surface area contributed by atoms with Crippen molar-refractivity contribution in [1.82, 2.24) is 4.98 Å². The van der Waals surface area contributed by atoms with Gasteiger partial charge in [-0.15, -0.1) is 0 Å². The third kappa shape index (κ3) is 4.16. The number of nitrogens with zero attached hydrogens (tertiary/aromatic N) is 2. The molecule has 0 unspecified atom stereocenters. The highest BCUT2D eigenvalue weighted by atomic mass is 32.1. The Bertz CT molecular complexity index is 491. The molecule has 0 saturated carbocycles. The first kappa shape index (κ1) is 16.4. The number of ether oxygens (including phenoxy) is 1. The molecule has 110 valence electrons. The Hall–Kier alpha value is -1.69. The number of carbonyl (C=O) groups excluding carboxylic acids is 1. The fourth-order valence-corrected chi connectivity index (χ4v) is 2.23. The average molecular weight is 295 g/mol. The van der Waals surface area contributed by atoms with Gasteiger partial charge in [0.05, 0.1) is 12.2 Å². The van der Waals surface area contributed by atoms with Crippen LogP contribution in [0.5, 0.6) is 0 Å². The second-order valence-electron chi connectivity index (χ2n) is 4.42. The highest BCUT2D eigenvalue weighted by Gasteiger charge is 2.19. The van der Waals surface area contributed by atoms with Crippen LogP contribution >= 0.6 is 12.2 Å². The lowest BCUT2D eigenvalue weighted by Crippen LogP contribution is -2.34. The molecular weight excluding hydrogens is 274 g/mol. The fraction of sp³-hybridized carbons (Fsp3) is 0.500. The van der Waals surface area contributed by atoms with E-state index in [1.54, 1.807) is 13.1 Å². The Labute approximate surface area is 125 Å². The Morgan fingerprint density at radius 3 is 2.75 bits per heavy atom. The summed E-state index contributed by atoms with van der Waals surface area (Å²) in [4.78, 5) is 18.2. The molecule has 0 amide bonds. The van der Waals surface area contributed by atoms with Crippen molar-refractivity contribution in [2.75, 3.05) is 24.6 Å². The molecule has 0 spiro atoms. The van der Waals surface area contributed by atoms with Crippen LogP contribution in [0, 0.1) is 6.92 Å². The standard InChI is InChI=1S/C14H21N3O2S/c1-4-8-17(9-11(18)19-5-2)14-12(13(15)20)10(3)6-7-16-14/h6-7H,4-5,8-9H2,1-3H3,(H2,15,20). The van der Waals surface area contributed by atoms with Crippen molar-refractivity contribution in [3.8, 4) is 0 Å². The fourth-order valence-electron chi connectivity index (χ4n) is 1.98. The minimum atomic E-state index is -0.279. The summed E-state index contributed by atoms with van der Waals surface area (Å²) in [5.74, 6) is 0.366. The summed E-state index contributed by atoms with van der Waals surface area (Å²) >= 11 is 5.10. The highest BCUT2D eigenvalue weighted by Crippen LogP contribution is 2.21. The number of hydrogen-bond donors (Lipinski definition) is 1. The van der Waals surface area contributed by atoms with Crippen LogP contribution in [-0.4, -0.2) is 35.6 Å². The van der Waals surface area contributed by atoms with Crippen molar-refractivity contribution in [2.24, 2.45) is 5.73 Å². The molecule has 1 aromatic rings. The van der Waals surface area contributed by atoms with Crippen LogP contribution in [0.25, 0.3) is 0 Å². The first-order valence-corrected chi connectivity index (χ1v) is 7.08. The number of esters is 1. The molecule has 20 heavy (non-hydrogen) atoms. The predicted molar refractivity (Wildman–Crippen MR) is 84.0 cm³/mol. The van der Waals surface area contributed by atoms with E-state index in [4.69, 9.17) is 22.7 Å². The lowest BCUT2D eigenvalue weighted by molar-refractivity contribution is -0.141. The van der Waals surface area contributed by atoms with Crippen LogP contribution in [0.15, 0.2) is 12.3 Å². The molecule has 0 bridgehead atoms. The summed E-state index contributed by atoms with van der Waals surface area (Å²) < 4.78 is 5.00. The monoisotopic (exact) mass is 295 g/mol. The van der Waals surface area contributed by atoms with Gasteiger partial charge in [0.1, 0.15) is 17.4 Å². The number of anilines is 1. The van der Waals surface area contributed by atoms with E-state index in [1.165, 1.54) is 0 Å². The lowest BCUT2D eigenvalue weighted by Gasteiger charge is -2.25. The van der Waals surface area contributed by atoms with Gasteiger partial charge >= 0.3 is 5.97 Å². The summed E-state index contributed by atoms with van der Waals surface area (Å²) in [6.07, 6.45) is 2.58. The first-order valence-electron chi connectivity index (χ1n) is 6.67. The molecule has 5 nitrogen and oxygen atoms in total. The number of rotatable bonds is 7. The van der Waals surface area contributed by atoms with Crippen molar-refractivity contribution in [3.63, 3.8) is 0 Å². The molecule has 0 aliphatic heterocycles. The first-order chi connectivity index (χ1) is 9.51. The Balaban J connectivity index is 3.11. The van der Waals surface area contributed by atoms with Gasteiger partial charge in [0.15, 0.2) is 0 Å². The van der Waals surface area contributed by atoms with Gasteiger partial charge in [0.25, 0.3) is 0 Å². The molecule has 6 heteroatoms. The van der Waals surface area contributed by atoms with E-state index in [1.807, 2.05) is 24.8 Å². The van der Waals surface area contributed by atoms with Gasteiger partial charge < -0.3 is 15.4 Å². The molecule has 0 atom stereocenters. The summed E-state index contributed by atoms with van der Waals surface area (Å²) in [6.45, 7) is 6.94. The lowest BCUT2D eigenvalue weighted by atomic mass is 10.1. The summed E-state index contributed by atoms with van der Waals surface area (Å²) in [5, 5.41) is 0. The minimum absolute atomic E-state index is 0.147. The maximum Gasteiger partial charge on any atom is 0.325 e. The molecule has 0 aliphatic rings. The van der Waals surface area contributed by atoms with Crippen molar-refractivity contribution in [2.45, 2.75) is 27.2 Å². The Kier molecular flexibility index (Phi) is 6.38. The third-order valence-electron chi connectivity index (χ3n) is 2.80. The van der Waals surface area contributed by atoms with E-state index < -0.39 is 0 Å². The van der Waals surface area contributed by atoms with E-state index in [0.717, 1.165) is 17.5 Å². The number of aryl methyl sites for hydroxylation is 1. The summed E-state index contributed by atoms with van der Waals surface area (Å²) in [6, 6.07) is 1.85. The molecule has 1 heterocycles. The second kappa shape index (κ2) is 7.79. The van der Waals surface area contributed by atoms with Crippen LogP contribution in [0.2, 0.25) is 0 Å². The predicted octanol–water partition coefficient (Wildman–Crippen LogP) is 1.80. The van der Waals surface area contributed by atoms with Gasteiger partial charge in [-0.3, -0.25) is 4.79 Å². The molecule has 0 fully saturated rings. The molecule has 0 saturated heterocycles. The smallest absolute Gasteiger partial charge is 0.325 e. The zero-order chi connectivity index (χ0) is 15.1. The van der Waals surface area contributed by atoms with Crippen molar-refractivity contribution >= 4 is 29.0 Å². The molecule has 1 aromatic heterocycles. The van der Waals surface area contributed by atoms with Crippen LogP contribution in [0.4, 0.5) is 5.82 Å². The summed E-state index contributed by atoms with van der Waals surface area (Å²) in [5.41, 5.74) is 7.46. The minimum Gasteiger partial charge on any atom is -0.465 e. The van der Waals surface area contributed by atoms with E-state index in [-0.39, 0.29) is 17.5 Å². The maximum atomic E-state index is 11.7. The number of nitrogens with two attached hydrogens (primary N) is 1. The number of pyridine rings is 1. The van der Waals surface area contributed by atoms with E-state index >= 15 is 0 Å². The van der Waals surface area contributed by atoms with Gasteiger partial charge in [0, 0.05) is 12.7 Å². The van der Waals surface area contributed by atoms with Crippen LogP contribution in [0.1, 0.15) is 31.4 Å². The molecule has 0 aliphatic carbocycles. The number of hydrogen-bond acceptors (Lipinski definition) is 5. The number of aromatic nitrogens is 1. The molecular formula is C14H21N3O2S. The Morgan fingerprint density at radius 1 is 1.50 bits per heavy atom.